The van der Waals surface area contributed by atoms with Gasteiger partial charge in [0.2, 0.25) is 0 Å². The Morgan fingerprint density at radius 3 is 2.79 bits per heavy atom. The van der Waals surface area contributed by atoms with Gasteiger partial charge in [0.25, 0.3) is 11.6 Å². The molecular formula is C22H16N2O7S2. The average Bonchev–Trinajstić information content (AvgIpc) is 3.52. The number of carboxylic acid groups (broad SMARTS) is 1. The van der Waals surface area contributed by atoms with E-state index in [0.29, 0.717) is 29.3 Å². The van der Waals surface area contributed by atoms with E-state index in [9.17, 15) is 24.8 Å². The first kappa shape index (κ1) is 22.5. The first-order valence-electron chi connectivity index (χ1n) is 9.70. The number of nitrogens with zero attached hydrogens (tertiary/aromatic N) is 2. The Hall–Kier alpha value is -3.70. The maximum absolute atomic E-state index is 13.0. The van der Waals surface area contributed by atoms with Gasteiger partial charge in [0, 0.05) is 30.2 Å². The van der Waals surface area contributed by atoms with Crippen molar-refractivity contribution in [3.63, 3.8) is 0 Å². The van der Waals surface area contributed by atoms with Crippen molar-refractivity contribution in [2.45, 2.75) is 18.9 Å². The number of hydrogen-bond donors (Lipinski definition) is 1. The van der Waals surface area contributed by atoms with E-state index < -0.39 is 22.8 Å². The molecule has 1 fully saturated rings. The van der Waals surface area contributed by atoms with Gasteiger partial charge in [-0.2, -0.15) is 0 Å². The van der Waals surface area contributed by atoms with Crippen LogP contribution in [0.2, 0.25) is 0 Å². The number of carbonyl (C=O) groups is 2. The fraction of sp³-hybridized carbons (Fsp3) is 0.136. The maximum Gasteiger partial charge on any atom is 0.326 e. The summed E-state index contributed by atoms with van der Waals surface area (Å²) in [4.78, 5) is 36.7. The molecule has 0 spiro atoms. The van der Waals surface area contributed by atoms with E-state index in [1.54, 1.807) is 36.4 Å². The molecule has 1 atom stereocenters. The number of non-ortho nitro benzene ring substituents is 1. The predicted octanol–water partition coefficient (Wildman–Crippen LogP) is 4.74. The lowest BCUT2D eigenvalue weighted by molar-refractivity contribution is -0.384. The molecule has 0 unspecified atom stereocenters. The molecule has 1 aromatic carbocycles. The van der Waals surface area contributed by atoms with Crippen LogP contribution >= 0.6 is 24.0 Å². The number of rotatable bonds is 8. The van der Waals surface area contributed by atoms with Gasteiger partial charge >= 0.3 is 5.97 Å². The van der Waals surface area contributed by atoms with Gasteiger partial charge in [-0.25, -0.2) is 4.79 Å². The van der Waals surface area contributed by atoms with Crippen molar-refractivity contribution in [3.05, 3.63) is 81.3 Å². The van der Waals surface area contributed by atoms with E-state index in [0.717, 1.165) is 16.7 Å². The topological polar surface area (TPSA) is 127 Å². The van der Waals surface area contributed by atoms with Crippen LogP contribution in [-0.4, -0.2) is 37.2 Å². The third-order valence-corrected chi connectivity index (χ3v) is 6.24. The quantitative estimate of drug-likeness (QED) is 0.209. The molecule has 3 heterocycles. The van der Waals surface area contributed by atoms with Gasteiger partial charge in [-0.05, 0) is 30.7 Å². The second-order valence-electron chi connectivity index (χ2n) is 7.03. The molecule has 1 amide bonds. The number of carboxylic acids is 1. The predicted molar refractivity (Wildman–Crippen MR) is 124 cm³/mol. The van der Waals surface area contributed by atoms with Gasteiger partial charge in [-0.3, -0.25) is 19.8 Å². The van der Waals surface area contributed by atoms with E-state index in [1.165, 1.54) is 24.5 Å². The van der Waals surface area contributed by atoms with E-state index in [-0.39, 0.29) is 21.3 Å². The van der Waals surface area contributed by atoms with Crippen molar-refractivity contribution in [1.82, 2.24) is 4.90 Å². The summed E-state index contributed by atoms with van der Waals surface area (Å²) in [5.41, 5.74) is 0.445. The summed E-state index contributed by atoms with van der Waals surface area (Å²) >= 11 is 6.28. The van der Waals surface area contributed by atoms with E-state index >= 15 is 0 Å². The van der Waals surface area contributed by atoms with Gasteiger partial charge in [0.05, 0.1) is 16.1 Å². The molecule has 1 N–H and O–H groups in total. The maximum atomic E-state index is 13.0. The Balaban J connectivity index is 1.53. The van der Waals surface area contributed by atoms with Gasteiger partial charge in [-0.1, -0.05) is 36.1 Å². The number of amides is 1. The fourth-order valence-corrected chi connectivity index (χ4v) is 4.67. The highest BCUT2D eigenvalue weighted by Gasteiger charge is 2.40. The molecule has 11 heteroatoms. The van der Waals surface area contributed by atoms with Crippen LogP contribution in [0.3, 0.4) is 0 Å². The molecule has 0 aliphatic carbocycles. The highest BCUT2D eigenvalue weighted by atomic mass is 32.2. The van der Waals surface area contributed by atoms with Crippen LogP contribution in [0.25, 0.3) is 17.4 Å². The molecule has 1 aliphatic heterocycles. The molecule has 0 bridgehead atoms. The van der Waals surface area contributed by atoms with Crippen LogP contribution in [0.15, 0.2) is 68.5 Å². The molecule has 3 aromatic rings. The van der Waals surface area contributed by atoms with Crippen LogP contribution < -0.4 is 0 Å². The van der Waals surface area contributed by atoms with Crippen molar-refractivity contribution in [2.24, 2.45) is 0 Å². The number of hydrogen-bond acceptors (Lipinski definition) is 8. The molecule has 1 aliphatic rings. The van der Waals surface area contributed by atoms with Gasteiger partial charge in [0.15, 0.2) is 0 Å². The van der Waals surface area contributed by atoms with Crippen LogP contribution in [-0.2, 0) is 16.0 Å². The molecule has 0 saturated carbocycles. The largest absolute Gasteiger partial charge is 0.480 e. The summed E-state index contributed by atoms with van der Waals surface area (Å²) in [6.07, 6.45) is 3.45. The molecule has 33 heavy (non-hydrogen) atoms. The number of thiocarbonyl (C=S) groups is 1. The van der Waals surface area contributed by atoms with E-state index in [1.807, 2.05) is 0 Å². The number of nitro benzene ring substituents is 1. The van der Waals surface area contributed by atoms with Crippen LogP contribution in [0.4, 0.5) is 5.69 Å². The zero-order valence-electron chi connectivity index (χ0n) is 16.9. The average molecular weight is 485 g/mol. The molecule has 168 valence electrons. The number of aliphatic carboxylic acids is 1. The van der Waals surface area contributed by atoms with Crippen LogP contribution in [0.1, 0.15) is 17.9 Å². The monoisotopic (exact) mass is 484 g/mol. The van der Waals surface area contributed by atoms with Crippen molar-refractivity contribution < 1.29 is 28.5 Å². The lowest BCUT2D eigenvalue weighted by Gasteiger charge is -2.22. The third-order valence-electron chi connectivity index (χ3n) is 4.91. The normalized spacial score (nSPS) is 15.9. The van der Waals surface area contributed by atoms with Gasteiger partial charge in [0.1, 0.15) is 27.6 Å². The number of aryl methyl sites for hydroxylation is 1. The molecule has 0 radical (unpaired) electrons. The van der Waals surface area contributed by atoms with E-state index in [4.69, 9.17) is 21.1 Å². The first-order chi connectivity index (χ1) is 15.8. The summed E-state index contributed by atoms with van der Waals surface area (Å²) < 4.78 is 11.1. The smallest absolute Gasteiger partial charge is 0.326 e. The summed E-state index contributed by atoms with van der Waals surface area (Å²) in [5, 5.41) is 20.7. The van der Waals surface area contributed by atoms with Crippen molar-refractivity contribution in [1.29, 1.82) is 0 Å². The Kier molecular flexibility index (Phi) is 6.43. The minimum Gasteiger partial charge on any atom is -0.480 e. The lowest BCUT2D eigenvalue weighted by Crippen LogP contribution is -2.44. The fourth-order valence-electron chi connectivity index (χ4n) is 3.33. The second-order valence-corrected chi connectivity index (χ2v) is 8.71. The van der Waals surface area contributed by atoms with Gasteiger partial charge < -0.3 is 13.9 Å². The third kappa shape index (κ3) is 4.89. The second kappa shape index (κ2) is 9.43. The number of benzene rings is 1. The molecular weight excluding hydrogens is 468 g/mol. The lowest BCUT2D eigenvalue weighted by atomic mass is 10.1. The number of carbonyl (C=O) groups excluding carboxylic acids is 1. The Morgan fingerprint density at radius 1 is 1.27 bits per heavy atom. The number of thioether (sulfide) groups is 1. The van der Waals surface area contributed by atoms with Crippen LogP contribution in [0.5, 0.6) is 0 Å². The van der Waals surface area contributed by atoms with Crippen LogP contribution in [0, 0.1) is 10.1 Å². The zero-order valence-corrected chi connectivity index (χ0v) is 18.5. The Bertz CT molecular complexity index is 1260. The minimum absolute atomic E-state index is 0.0689. The molecule has 1 saturated heterocycles. The summed E-state index contributed by atoms with van der Waals surface area (Å²) in [6.45, 7) is 0. The summed E-state index contributed by atoms with van der Waals surface area (Å²) in [6, 6.07) is 11.5. The highest BCUT2D eigenvalue weighted by molar-refractivity contribution is 8.26. The minimum atomic E-state index is -1.16. The van der Waals surface area contributed by atoms with Crippen molar-refractivity contribution >= 4 is 51.9 Å². The molecule has 2 aromatic heterocycles. The van der Waals surface area contributed by atoms with E-state index in [2.05, 4.69) is 0 Å². The summed E-state index contributed by atoms with van der Waals surface area (Å²) in [7, 11) is 0. The summed E-state index contributed by atoms with van der Waals surface area (Å²) in [5.74, 6) is -0.344. The standard InChI is InChI=1S/C22H16N2O7S2/c25-20-19(12-16-7-9-18(31-16)13-3-1-4-14(11-13)24(28)29)33-22(32)23(20)17(21(26)27)8-6-15-5-2-10-30-15/h1-5,7,9-12,17H,6,8H2,(H,26,27)/b19-12+/t17-/m1/s1. The van der Waals surface area contributed by atoms with Gasteiger partial charge in [-0.15, -0.1) is 0 Å². The number of furan rings is 2. The zero-order chi connectivity index (χ0) is 23.5. The first-order valence-corrected chi connectivity index (χ1v) is 10.9. The highest BCUT2D eigenvalue weighted by Crippen LogP contribution is 2.36. The van der Waals surface area contributed by atoms with Crippen molar-refractivity contribution in [3.8, 4) is 11.3 Å². The Labute approximate surface area is 196 Å². The van der Waals surface area contributed by atoms with Crippen molar-refractivity contribution in [2.75, 3.05) is 0 Å². The molecule has 9 nitrogen and oxygen atoms in total. The Morgan fingerprint density at radius 2 is 2.09 bits per heavy atom. The SMILES string of the molecule is O=C(O)[C@@H](CCc1ccco1)N1C(=O)/C(=C\c2ccc(-c3cccc([N+](=O)[O-])c3)o2)SC1=S. The number of nitro groups is 1. The molecule has 4 rings (SSSR count).